The zero-order valence-electron chi connectivity index (χ0n) is 35.4. The maximum Gasteiger partial charge on any atom is 0.145 e. The average molecular weight is 829 g/mol. The normalized spacial score (nSPS) is 11.7. The summed E-state index contributed by atoms with van der Waals surface area (Å²) >= 11 is 0. The molecular weight excluding hydrogens is 789 g/mol. The van der Waals surface area contributed by atoms with E-state index in [0.29, 0.717) is 0 Å². The minimum atomic E-state index is 0.887. The van der Waals surface area contributed by atoms with Crippen LogP contribution in [0.15, 0.2) is 247 Å². The summed E-state index contributed by atoms with van der Waals surface area (Å²) in [7, 11) is 0. The molecule has 0 amide bonds. The highest BCUT2D eigenvalue weighted by Crippen LogP contribution is 2.45. The molecule has 0 N–H and O–H groups in total. The Labute approximate surface area is 376 Å². The van der Waals surface area contributed by atoms with E-state index in [1.807, 2.05) is 6.07 Å². The Morgan fingerprint density at radius 3 is 1.74 bits per heavy atom. The van der Waals surface area contributed by atoms with Crippen LogP contribution in [0.5, 0.6) is 0 Å². The van der Waals surface area contributed by atoms with Crippen LogP contribution >= 0.6 is 0 Å². The summed E-state index contributed by atoms with van der Waals surface area (Å²) in [5.41, 5.74) is 15.5. The van der Waals surface area contributed by atoms with Crippen molar-refractivity contribution in [2.75, 3.05) is 4.90 Å². The fraction of sp³-hybridized carbons (Fsp3) is 0. The van der Waals surface area contributed by atoms with E-state index >= 15 is 0 Å². The maximum atomic E-state index is 6.76. The van der Waals surface area contributed by atoms with Crippen molar-refractivity contribution in [1.29, 1.82) is 0 Å². The first-order valence-electron chi connectivity index (χ1n) is 22.2. The van der Waals surface area contributed by atoms with Crippen LogP contribution in [0.25, 0.3) is 104 Å². The Kier molecular flexibility index (Phi) is 8.53. The summed E-state index contributed by atoms with van der Waals surface area (Å²) < 4.78 is 9.15. The molecule has 11 aromatic carbocycles. The summed E-state index contributed by atoms with van der Waals surface area (Å²) in [6, 6.07) is 87.7. The van der Waals surface area contributed by atoms with Crippen molar-refractivity contribution in [3.63, 3.8) is 0 Å². The van der Waals surface area contributed by atoms with Gasteiger partial charge in [0.25, 0.3) is 0 Å². The third-order valence-corrected chi connectivity index (χ3v) is 13.2. The van der Waals surface area contributed by atoms with Crippen LogP contribution in [0.1, 0.15) is 0 Å². The molecule has 0 saturated heterocycles. The monoisotopic (exact) mass is 828 g/mol. The lowest BCUT2D eigenvalue weighted by Crippen LogP contribution is -2.10. The Hall–Kier alpha value is -8.66. The zero-order chi connectivity index (χ0) is 42.8. The number of fused-ring (bicyclic) bond motifs is 9. The quantitative estimate of drug-likeness (QED) is 0.160. The standard InChI is InChI=1S/C62H40N2O/c1-3-14-41(15-4-1)46-31-36-57-55(39-46)56-40-47(32-37-58(56)64(57)48-20-5-2-6-21-48)45-19-11-22-50(38-45)63(49-33-28-43(29-34-49)52-25-12-17-42-16-7-8-23-51(42)52)59-26-13-18-44-30-35-54-53-24-9-10-27-60(53)65-62(54)61(44)59/h1-40H. The Balaban J connectivity index is 1.00. The van der Waals surface area contributed by atoms with E-state index < -0.39 is 0 Å². The smallest absolute Gasteiger partial charge is 0.145 e. The van der Waals surface area contributed by atoms with Gasteiger partial charge in [0.15, 0.2) is 0 Å². The van der Waals surface area contributed by atoms with Crippen LogP contribution in [0.2, 0.25) is 0 Å². The van der Waals surface area contributed by atoms with Gasteiger partial charge in [0.2, 0.25) is 0 Å². The van der Waals surface area contributed by atoms with Gasteiger partial charge in [-0.25, -0.2) is 0 Å². The topological polar surface area (TPSA) is 21.3 Å². The molecule has 13 rings (SSSR count). The molecule has 13 aromatic rings. The zero-order valence-corrected chi connectivity index (χ0v) is 35.4. The molecule has 0 aliphatic carbocycles. The molecule has 0 saturated carbocycles. The lowest BCUT2D eigenvalue weighted by Gasteiger charge is -2.27. The number of anilines is 3. The van der Waals surface area contributed by atoms with Gasteiger partial charge in [-0.05, 0) is 128 Å². The van der Waals surface area contributed by atoms with Crippen molar-refractivity contribution in [1.82, 2.24) is 4.57 Å². The minimum Gasteiger partial charge on any atom is -0.455 e. The van der Waals surface area contributed by atoms with E-state index in [2.05, 4.69) is 246 Å². The van der Waals surface area contributed by atoms with Gasteiger partial charge in [0.05, 0.1) is 16.7 Å². The Morgan fingerprint density at radius 1 is 0.338 bits per heavy atom. The predicted octanol–water partition coefficient (Wildman–Crippen LogP) is 17.5. The first kappa shape index (κ1) is 36.9. The van der Waals surface area contributed by atoms with E-state index in [-0.39, 0.29) is 0 Å². The van der Waals surface area contributed by atoms with Crippen LogP contribution in [0.4, 0.5) is 17.1 Å². The largest absolute Gasteiger partial charge is 0.455 e. The van der Waals surface area contributed by atoms with Crippen molar-refractivity contribution in [2.45, 2.75) is 0 Å². The number of aromatic nitrogens is 1. The van der Waals surface area contributed by atoms with Gasteiger partial charge in [0.1, 0.15) is 11.2 Å². The van der Waals surface area contributed by atoms with Gasteiger partial charge in [-0.2, -0.15) is 0 Å². The van der Waals surface area contributed by atoms with Crippen LogP contribution < -0.4 is 4.90 Å². The Morgan fingerprint density at radius 2 is 0.938 bits per heavy atom. The highest BCUT2D eigenvalue weighted by atomic mass is 16.3. The third kappa shape index (κ3) is 6.12. The number of rotatable bonds is 7. The number of hydrogen-bond acceptors (Lipinski definition) is 2. The van der Waals surface area contributed by atoms with E-state index in [0.717, 1.165) is 66.6 Å². The number of hydrogen-bond donors (Lipinski definition) is 0. The lowest BCUT2D eigenvalue weighted by molar-refractivity contribution is 0.672. The number of para-hydroxylation sites is 2. The molecule has 304 valence electrons. The minimum absolute atomic E-state index is 0.887. The van der Waals surface area contributed by atoms with E-state index in [4.69, 9.17) is 4.42 Å². The molecular formula is C62H40N2O. The second kappa shape index (κ2) is 15.0. The van der Waals surface area contributed by atoms with Crippen molar-refractivity contribution < 1.29 is 4.42 Å². The maximum absolute atomic E-state index is 6.76. The fourth-order valence-corrected chi connectivity index (χ4v) is 10.1. The predicted molar refractivity (Wildman–Crippen MR) is 274 cm³/mol. The molecule has 3 heteroatoms. The van der Waals surface area contributed by atoms with Gasteiger partial charge in [-0.15, -0.1) is 0 Å². The highest BCUT2D eigenvalue weighted by molar-refractivity contribution is 6.19. The summed E-state index contributed by atoms with van der Waals surface area (Å²) in [5, 5.41) is 9.35. The first-order valence-corrected chi connectivity index (χ1v) is 22.2. The van der Waals surface area contributed by atoms with Gasteiger partial charge < -0.3 is 13.9 Å². The molecule has 0 bridgehead atoms. The molecule has 0 atom stereocenters. The van der Waals surface area contributed by atoms with Gasteiger partial charge in [0, 0.05) is 44.0 Å². The van der Waals surface area contributed by atoms with Crippen LogP contribution in [-0.2, 0) is 0 Å². The molecule has 0 spiro atoms. The summed E-state index contributed by atoms with van der Waals surface area (Å²) in [6.45, 7) is 0. The molecule has 2 aromatic heterocycles. The molecule has 0 unspecified atom stereocenters. The number of nitrogens with zero attached hydrogens (tertiary/aromatic N) is 2. The molecule has 65 heavy (non-hydrogen) atoms. The van der Waals surface area contributed by atoms with Crippen molar-refractivity contribution in [3.05, 3.63) is 243 Å². The Bertz CT molecular complexity index is 3930. The van der Waals surface area contributed by atoms with Gasteiger partial charge >= 0.3 is 0 Å². The third-order valence-electron chi connectivity index (χ3n) is 13.2. The van der Waals surface area contributed by atoms with E-state index in [1.165, 1.54) is 54.8 Å². The number of furan rings is 1. The second-order valence-electron chi connectivity index (χ2n) is 16.9. The SMILES string of the molecule is c1ccc(-c2ccc3c(c2)c2cc(-c4cccc(N(c5ccc(-c6cccc7ccccc67)cc5)c5cccc6ccc7c8ccccc8oc7c56)c4)ccc2n3-c2ccccc2)cc1. The van der Waals surface area contributed by atoms with Crippen LogP contribution in [0.3, 0.4) is 0 Å². The second-order valence-corrected chi connectivity index (χ2v) is 16.9. The molecule has 0 aliphatic heterocycles. The first-order chi connectivity index (χ1) is 32.2. The van der Waals surface area contributed by atoms with Gasteiger partial charge in [-0.1, -0.05) is 164 Å². The van der Waals surface area contributed by atoms with Gasteiger partial charge in [-0.3, -0.25) is 0 Å². The van der Waals surface area contributed by atoms with E-state index in [9.17, 15) is 0 Å². The summed E-state index contributed by atoms with van der Waals surface area (Å²) in [6.07, 6.45) is 0. The molecule has 3 nitrogen and oxygen atoms in total. The van der Waals surface area contributed by atoms with Crippen molar-refractivity contribution >= 4 is 82.4 Å². The average Bonchev–Trinajstić information content (AvgIpc) is 3.92. The highest BCUT2D eigenvalue weighted by Gasteiger charge is 2.21. The number of benzene rings is 11. The van der Waals surface area contributed by atoms with Crippen molar-refractivity contribution in [3.8, 4) is 39.1 Å². The summed E-state index contributed by atoms with van der Waals surface area (Å²) in [4.78, 5) is 2.40. The summed E-state index contributed by atoms with van der Waals surface area (Å²) in [5.74, 6) is 0. The van der Waals surface area contributed by atoms with Crippen LogP contribution in [-0.4, -0.2) is 4.57 Å². The lowest BCUT2D eigenvalue weighted by atomic mass is 9.97. The molecule has 2 heterocycles. The molecule has 0 radical (unpaired) electrons. The fourth-order valence-electron chi connectivity index (χ4n) is 10.1. The van der Waals surface area contributed by atoms with E-state index in [1.54, 1.807) is 0 Å². The van der Waals surface area contributed by atoms with Crippen LogP contribution in [0, 0.1) is 0 Å². The molecule has 0 fully saturated rings. The molecule has 0 aliphatic rings. The van der Waals surface area contributed by atoms with Crippen molar-refractivity contribution in [2.24, 2.45) is 0 Å².